The molecule has 0 saturated heterocycles. The average Bonchev–Trinajstić information content (AvgIpc) is 3.30. The van der Waals surface area contributed by atoms with Gasteiger partial charge in [-0.05, 0) is 116 Å². The van der Waals surface area contributed by atoms with Crippen molar-refractivity contribution in [3.05, 3.63) is 134 Å². The van der Waals surface area contributed by atoms with Gasteiger partial charge in [0.25, 0.3) is 0 Å². The molecule has 0 aliphatic rings. The van der Waals surface area contributed by atoms with E-state index < -0.39 is 6.10 Å². The zero-order valence-electron chi connectivity index (χ0n) is 41.4. The molecule has 0 aromatic carbocycles. The van der Waals surface area contributed by atoms with Gasteiger partial charge in [0.15, 0.2) is 6.10 Å². The zero-order chi connectivity index (χ0) is 47.2. The lowest BCUT2D eigenvalue weighted by Crippen LogP contribution is -2.30. The van der Waals surface area contributed by atoms with Crippen LogP contribution in [0.15, 0.2) is 134 Å². The minimum absolute atomic E-state index is 0.124. The number of ether oxygens (including phenoxy) is 3. The molecule has 0 bridgehead atoms. The molecule has 6 nitrogen and oxygen atoms in total. The van der Waals surface area contributed by atoms with Crippen LogP contribution >= 0.6 is 0 Å². The third-order valence-corrected chi connectivity index (χ3v) is 10.1. The Balaban J connectivity index is 4.51. The number of rotatable bonds is 44. The third kappa shape index (κ3) is 50.4. The summed E-state index contributed by atoms with van der Waals surface area (Å²) in [6.07, 6.45) is 73.1. The topological polar surface area (TPSA) is 78.9 Å². The van der Waals surface area contributed by atoms with Crippen LogP contribution < -0.4 is 0 Å². The Kier molecular flexibility index (Phi) is 48.6. The van der Waals surface area contributed by atoms with E-state index in [0.717, 1.165) is 109 Å². The van der Waals surface area contributed by atoms with E-state index in [9.17, 15) is 14.4 Å². The van der Waals surface area contributed by atoms with Crippen LogP contribution in [-0.2, 0) is 28.6 Å². The molecule has 1 unspecified atom stereocenters. The lowest BCUT2D eigenvalue weighted by Gasteiger charge is -2.18. The van der Waals surface area contributed by atoms with E-state index in [1.807, 2.05) is 0 Å². The van der Waals surface area contributed by atoms with Crippen molar-refractivity contribution in [1.82, 2.24) is 0 Å². The number of carbonyl (C=O) groups excluding carboxylic acids is 3. The number of carbonyl (C=O) groups is 3. The van der Waals surface area contributed by atoms with Gasteiger partial charge in [-0.15, -0.1) is 0 Å². The summed E-state index contributed by atoms with van der Waals surface area (Å²) in [5.74, 6) is -1.06. The molecule has 0 fully saturated rings. The lowest BCUT2D eigenvalue weighted by atomic mass is 10.1. The van der Waals surface area contributed by atoms with Gasteiger partial charge in [-0.2, -0.15) is 0 Å². The maximum Gasteiger partial charge on any atom is 0.306 e. The summed E-state index contributed by atoms with van der Waals surface area (Å²) in [6.45, 7) is 6.17. The Hall–Kier alpha value is -4.45. The van der Waals surface area contributed by atoms with Gasteiger partial charge in [0, 0.05) is 19.3 Å². The molecule has 0 saturated carbocycles. The fourth-order valence-electron chi connectivity index (χ4n) is 6.40. The Morgan fingerprint density at radius 1 is 0.308 bits per heavy atom. The molecule has 6 heteroatoms. The molecule has 0 aliphatic carbocycles. The minimum Gasteiger partial charge on any atom is -0.462 e. The standard InChI is InChI=1S/C59H92O6/c1-4-7-10-13-16-19-22-24-26-28-29-31-32-34-37-40-43-46-49-52-58(61)64-55-56(54-63-57(60)51-48-45-42-39-36-21-18-15-12-9-6-3)65-59(62)53-50-47-44-41-38-35-33-30-27-25-23-20-17-14-11-8-5-2/h7-12,16-21,24-27,33,35,39,41-42,44,56H,4-6,13-15,22-23,28-32,34,36-38,40,43,45-55H2,1-3H3/b10-7-,11-8-,12-9-,19-16-,20-17-,21-18-,26-24-,27-25-,35-33-,42-39-,44-41-. The van der Waals surface area contributed by atoms with Crippen molar-refractivity contribution < 1.29 is 28.6 Å². The molecule has 65 heavy (non-hydrogen) atoms. The molecule has 0 spiro atoms. The van der Waals surface area contributed by atoms with E-state index in [2.05, 4.69) is 154 Å². The van der Waals surface area contributed by atoms with E-state index in [-0.39, 0.29) is 44.0 Å². The summed E-state index contributed by atoms with van der Waals surface area (Å²) in [5, 5.41) is 0. The first-order chi connectivity index (χ1) is 32.0. The lowest BCUT2D eigenvalue weighted by molar-refractivity contribution is -0.167. The summed E-state index contributed by atoms with van der Waals surface area (Å²) < 4.78 is 16.7. The molecule has 0 rings (SSSR count). The van der Waals surface area contributed by atoms with Gasteiger partial charge < -0.3 is 14.2 Å². The normalized spacial score (nSPS) is 13.2. The van der Waals surface area contributed by atoms with Crippen LogP contribution in [0.25, 0.3) is 0 Å². The second kappa shape index (κ2) is 52.2. The van der Waals surface area contributed by atoms with Gasteiger partial charge in [0.1, 0.15) is 13.2 Å². The molecule has 1 atom stereocenters. The van der Waals surface area contributed by atoms with Crippen molar-refractivity contribution in [2.75, 3.05) is 13.2 Å². The summed E-state index contributed by atoms with van der Waals surface area (Å²) in [4.78, 5) is 37.9. The maximum absolute atomic E-state index is 12.8. The molecular weight excluding hydrogens is 805 g/mol. The van der Waals surface area contributed by atoms with Crippen molar-refractivity contribution in [3.63, 3.8) is 0 Å². The second-order valence-electron chi connectivity index (χ2n) is 16.3. The van der Waals surface area contributed by atoms with E-state index in [0.29, 0.717) is 19.3 Å². The molecule has 0 aromatic heterocycles. The van der Waals surface area contributed by atoms with Crippen LogP contribution in [0.5, 0.6) is 0 Å². The zero-order valence-corrected chi connectivity index (χ0v) is 41.4. The van der Waals surface area contributed by atoms with Crippen LogP contribution in [0, 0.1) is 0 Å². The van der Waals surface area contributed by atoms with Crippen molar-refractivity contribution in [2.24, 2.45) is 0 Å². The van der Waals surface area contributed by atoms with Crippen LogP contribution in [0.2, 0.25) is 0 Å². The summed E-state index contributed by atoms with van der Waals surface area (Å²) in [7, 11) is 0. The Labute approximate surface area is 398 Å². The predicted octanol–water partition coefficient (Wildman–Crippen LogP) is 17.1. The maximum atomic E-state index is 12.8. The smallest absolute Gasteiger partial charge is 0.306 e. The average molecular weight is 897 g/mol. The molecule has 0 radical (unpaired) electrons. The van der Waals surface area contributed by atoms with Crippen molar-refractivity contribution in [1.29, 1.82) is 0 Å². The molecular formula is C59H92O6. The molecule has 0 heterocycles. The fraction of sp³-hybridized carbons (Fsp3) is 0.576. The fourth-order valence-corrected chi connectivity index (χ4v) is 6.40. The van der Waals surface area contributed by atoms with Gasteiger partial charge in [-0.1, -0.05) is 199 Å². The van der Waals surface area contributed by atoms with Crippen LogP contribution in [0.1, 0.15) is 201 Å². The molecule has 0 aliphatic heterocycles. The molecule has 0 N–H and O–H groups in total. The molecule has 364 valence electrons. The van der Waals surface area contributed by atoms with E-state index in [1.165, 1.54) is 38.5 Å². The van der Waals surface area contributed by atoms with Crippen molar-refractivity contribution in [3.8, 4) is 0 Å². The highest BCUT2D eigenvalue weighted by Crippen LogP contribution is 2.13. The van der Waals surface area contributed by atoms with E-state index in [1.54, 1.807) is 0 Å². The van der Waals surface area contributed by atoms with Gasteiger partial charge in [-0.25, -0.2) is 0 Å². The second-order valence-corrected chi connectivity index (χ2v) is 16.3. The van der Waals surface area contributed by atoms with Gasteiger partial charge in [-0.3, -0.25) is 14.4 Å². The SMILES string of the molecule is CC/C=C\C/C=C\C/C=C\C/C=C\C/C=C\CCCC(=O)OC(COC(=O)CCC/C=C\C/C=C\C/C=C\CC)COC(=O)CCCCCCCCCCC/C=C\C/C=C\C/C=C\CC. The highest BCUT2D eigenvalue weighted by Gasteiger charge is 2.19. The number of esters is 3. The quantitative estimate of drug-likeness (QED) is 0.0262. The van der Waals surface area contributed by atoms with E-state index >= 15 is 0 Å². The largest absolute Gasteiger partial charge is 0.462 e. The first-order valence-corrected chi connectivity index (χ1v) is 25.7. The minimum atomic E-state index is -0.834. The summed E-state index contributed by atoms with van der Waals surface area (Å²) >= 11 is 0. The highest BCUT2D eigenvalue weighted by molar-refractivity contribution is 5.71. The van der Waals surface area contributed by atoms with Crippen LogP contribution in [0.3, 0.4) is 0 Å². The van der Waals surface area contributed by atoms with Gasteiger partial charge >= 0.3 is 17.9 Å². The first kappa shape index (κ1) is 60.5. The molecule has 0 amide bonds. The Morgan fingerprint density at radius 3 is 0.923 bits per heavy atom. The summed E-state index contributed by atoms with van der Waals surface area (Å²) in [6, 6.07) is 0. The molecule has 0 aromatic rings. The summed E-state index contributed by atoms with van der Waals surface area (Å²) in [5.41, 5.74) is 0. The number of hydrogen-bond acceptors (Lipinski definition) is 6. The monoisotopic (exact) mass is 897 g/mol. The van der Waals surface area contributed by atoms with E-state index in [4.69, 9.17) is 14.2 Å². The van der Waals surface area contributed by atoms with Crippen LogP contribution in [0.4, 0.5) is 0 Å². The van der Waals surface area contributed by atoms with Gasteiger partial charge in [0.05, 0.1) is 0 Å². The predicted molar refractivity (Wildman–Crippen MR) is 279 cm³/mol. The Bertz CT molecular complexity index is 1450. The van der Waals surface area contributed by atoms with Gasteiger partial charge in [0.2, 0.25) is 0 Å². The highest BCUT2D eigenvalue weighted by atomic mass is 16.6. The third-order valence-electron chi connectivity index (χ3n) is 10.1. The number of allylic oxidation sites excluding steroid dienone is 22. The van der Waals surface area contributed by atoms with Crippen molar-refractivity contribution in [2.45, 2.75) is 207 Å². The first-order valence-electron chi connectivity index (χ1n) is 25.7. The van der Waals surface area contributed by atoms with Crippen LogP contribution in [-0.4, -0.2) is 37.2 Å². The Morgan fingerprint density at radius 2 is 0.569 bits per heavy atom. The van der Waals surface area contributed by atoms with Crippen molar-refractivity contribution >= 4 is 17.9 Å². The number of hydrogen-bond donors (Lipinski definition) is 0. The number of unbranched alkanes of at least 4 members (excludes halogenated alkanes) is 11.